The van der Waals surface area contributed by atoms with Crippen molar-refractivity contribution in [1.82, 2.24) is 9.78 Å². The van der Waals surface area contributed by atoms with Gasteiger partial charge in [-0.1, -0.05) is 18.2 Å². The lowest BCUT2D eigenvalue weighted by atomic mass is 10.0. The van der Waals surface area contributed by atoms with Crippen molar-refractivity contribution in [2.45, 2.75) is 20.8 Å². The molecule has 0 aliphatic rings. The minimum Gasteiger partial charge on any atom is -0.420 e. The average molecular weight is 349 g/mol. The molecule has 1 aromatic heterocycles. The van der Waals surface area contributed by atoms with Crippen LogP contribution in [0.1, 0.15) is 18.1 Å². The first-order valence-electron chi connectivity index (χ1n) is 8.12. The first-order chi connectivity index (χ1) is 12.4. The number of nitrogens with two attached hydrogens (primary N) is 1. The van der Waals surface area contributed by atoms with Gasteiger partial charge >= 0.3 is 5.97 Å². The van der Waals surface area contributed by atoms with Crippen LogP contribution >= 0.6 is 0 Å². The zero-order valence-corrected chi connectivity index (χ0v) is 14.8. The van der Waals surface area contributed by atoms with Crippen molar-refractivity contribution in [1.29, 1.82) is 0 Å². The van der Waals surface area contributed by atoms with Crippen molar-refractivity contribution in [3.05, 3.63) is 59.8 Å². The molecule has 3 rings (SSSR count). The molecule has 0 spiro atoms. The van der Waals surface area contributed by atoms with Gasteiger partial charge in [0.25, 0.3) is 0 Å². The van der Waals surface area contributed by atoms with Gasteiger partial charge in [-0.15, -0.1) is 0 Å². The summed E-state index contributed by atoms with van der Waals surface area (Å²) in [6.07, 6.45) is 1.86. The van der Waals surface area contributed by atoms with Crippen molar-refractivity contribution in [2.24, 2.45) is 0 Å². The quantitative estimate of drug-likeness (QED) is 0.338. The molecule has 0 amide bonds. The van der Waals surface area contributed by atoms with E-state index in [1.807, 2.05) is 48.7 Å². The number of nitrogens with zero attached hydrogens (tertiary/aromatic N) is 2. The Bertz CT molecular complexity index is 991. The smallest absolute Gasteiger partial charge is 0.379 e. The Hall–Kier alpha value is -3.41. The fraction of sp³-hybridized carbons (Fsp3) is 0.150. The summed E-state index contributed by atoms with van der Waals surface area (Å²) >= 11 is 0. The van der Waals surface area contributed by atoms with Crippen LogP contribution in [-0.2, 0) is 9.59 Å². The van der Waals surface area contributed by atoms with Gasteiger partial charge in [-0.25, -0.2) is 9.48 Å². The number of hydrogen-bond acceptors (Lipinski definition) is 5. The molecule has 0 fully saturated rings. The number of carbonyl (C=O) groups excluding carboxylic acids is 2. The lowest BCUT2D eigenvalue weighted by molar-refractivity contribution is -0.146. The highest BCUT2D eigenvalue weighted by Crippen LogP contribution is 2.36. The number of para-hydroxylation sites is 1. The number of aryl methyl sites for hydroxylation is 1. The van der Waals surface area contributed by atoms with Crippen LogP contribution in [0, 0.1) is 13.8 Å². The maximum Gasteiger partial charge on any atom is 0.379 e. The molecular weight excluding hydrogens is 330 g/mol. The van der Waals surface area contributed by atoms with Crippen molar-refractivity contribution in [3.8, 4) is 22.7 Å². The highest BCUT2D eigenvalue weighted by atomic mass is 16.5. The van der Waals surface area contributed by atoms with Crippen LogP contribution in [0.4, 0.5) is 5.69 Å². The van der Waals surface area contributed by atoms with Gasteiger partial charge in [-0.05, 0) is 43.7 Å². The first-order valence-corrected chi connectivity index (χ1v) is 8.12. The normalized spacial score (nSPS) is 10.6. The molecule has 0 aliphatic carbocycles. The van der Waals surface area contributed by atoms with Crippen molar-refractivity contribution in [2.75, 3.05) is 5.73 Å². The second-order valence-electron chi connectivity index (χ2n) is 6.04. The highest BCUT2D eigenvalue weighted by molar-refractivity contribution is 6.33. The monoisotopic (exact) mass is 349 g/mol. The van der Waals surface area contributed by atoms with E-state index in [9.17, 15) is 9.59 Å². The minimum absolute atomic E-state index is 0.314. The van der Waals surface area contributed by atoms with Gasteiger partial charge in [0.2, 0.25) is 5.78 Å². The molecule has 1 heterocycles. The van der Waals surface area contributed by atoms with Crippen LogP contribution < -0.4 is 10.5 Å². The fourth-order valence-corrected chi connectivity index (χ4v) is 2.71. The molecule has 0 bridgehead atoms. The second kappa shape index (κ2) is 6.84. The largest absolute Gasteiger partial charge is 0.420 e. The zero-order valence-electron chi connectivity index (χ0n) is 14.8. The van der Waals surface area contributed by atoms with Crippen LogP contribution in [0.3, 0.4) is 0 Å². The van der Waals surface area contributed by atoms with Gasteiger partial charge in [0, 0.05) is 29.9 Å². The highest BCUT2D eigenvalue weighted by Gasteiger charge is 2.19. The van der Waals surface area contributed by atoms with Crippen molar-refractivity contribution in [3.63, 3.8) is 0 Å². The Labute approximate surface area is 151 Å². The Morgan fingerprint density at radius 2 is 1.81 bits per heavy atom. The molecule has 0 atom stereocenters. The number of Topliss-reactive ketones (excluding diaryl/α,β-unsaturated/α-hetero) is 1. The Kier molecular flexibility index (Phi) is 4.58. The van der Waals surface area contributed by atoms with E-state index >= 15 is 0 Å². The summed E-state index contributed by atoms with van der Waals surface area (Å²) in [7, 11) is 0. The van der Waals surface area contributed by atoms with E-state index in [-0.39, 0.29) is 0 Å². The van der Waals surface area contributed by atoms with E-state index < -0.39 is 11.8 Å². The second-order valence-corrected chi connectivity index (χ2v) is 6.04. The van der Waals surface area contributed by atoms with E-state index in [4.69, 9.17) is 10.5 Å². The lowest BCUT2D eigenvalue weighted by Gasteiger charge is -2.14. The number of anilines is 1. The molecule has 0 radical (unpaired) electrons. The van der Waals surface area contributed by atoms with Crippen LogP contribution in [0.5, 0.6) is 5.75 Å². The Morgan fingerprint density at radius 3 is 2.46 bits per heavy atom. The molecule has 0 aliphatic heterocycles. The number of nitrogen functional groups attached to an aromatic ring is 1. The fourth-order valence-electron chi connectivity index (χ4n) is 2.71. The molecule has 6 heteroatoms. The number of ether oxygens (including phenoxy) is 1. The maximum atomic E-state index is 11.6. The standard InChI is InChI=1S/C20H19N3O3/c1-12-11-16(18(21)13(2)19(12)26-20(25)14(3)24)17-9-10-23(22-17)15-7-5-4-6-8-15/h4-11H,21H2,1-3H3. The van der Waals surface area contributed by atoms with Gasteiger partial charge < -0.3 is 10.5 Å². The molecule has 3 aromatic rings. The molecule has 6 nitrogen and oxygen atoms in total. The number of esters is 1. The van der Waals surface area contributed by atoms with E-state index in [2.05, 4.69) is 5.10 Å². The summed E-state index contributed by atoms with van der Waals surface area (Å²) in [5.74, 6) is -1.25. The number of hydrogen-bond donors (Lipinski definition) is 1. The van der Waals surface area contributed by atoms with Gasteiger partial charge in [0.15, 0.2) is 0 Å². The number of aromatic nitrogens is 2. The van der Waals surface area contributed by atoms with E-state index in [0.717, 1.165) is 11.3 Å². The predicted molar refractivity (Wildman–Crippen MR) is 99.2 cm³/mol. The molecule has 26 heavy (non-hydrogen) atoms. The molecule has 0 saturated carbocycles. The lowest BCUT2D eigenvalue weighted by Crippen LogP contribution is -2.18. The molecular formula is C20H19N3O3. The third-order valence-electron chi connectivity index (χ3n) is 4.12. The van der Waals surface area contributed by atoms with Gasteiger partial charge in [-0.2, -0.15) is 5.10 Å². The predicted octanol–water partition coefficient (Wildman–Crippen LogP) is 3.23. The number of carbonyl (C=O) groups is 2. The SMILES string of the molecule is CC(=O)C(=O)Oc1c(C)cc(-c2ccn(-c3ccccc3)n2)c(N)c1C. The first kappa shape index (κ1) is 17.4. The molecule has 0 saturated heterocycles. The third kappa shape index (κ3) is 3.21. The van der Waals surface area contributed by atoms with Gasteiger partial charge in [0.05, 0.1) is 11.4 Å². The summed E-state index contributed by atoms with van der Waals surface area (Å²) in [5, 5.41) is 4.59. The van der Waals surface area contributed by atoms with Crippen LogP contribution in [0.25, 0.3) is 16.9 Å². The summed E-state index contributed by atoms with van der Waals surface area (Å²) in [5.41, 5.74) is 10.4. The van der Waals surface area contributed by atoms with Crippen LogP contribution in [0.15, 0.2) is 48.7 Å². The summed E-state index contributed by atoms with van der Waals surface area (Å²) in [4.78, 5) is 22.8. The number of ketones is 1. The minimum atomic E-state index is -0.906. The molecule has 0 unspecified atom stereocenters. The van der Waals surface area contributed by atoms with E-state index in [1.165, 1.54) is 6.92 Å². The topological polar surface area (TPSA) is 87.2 Å². The summed E-state index contributed by atoms with van der Waals surface area (Å²) < 4.78 is 6.96. The Morgan fingerprint density at radius 1 is 1.12 bits per heavy atom. The van der Waals surface area contributed by atoms with Crippen LogP contribution in [-0.4, -0.2) is 21.5 Å². The van der Waals surface area contributed by atoms with Gasteiger partial charge in [0.1, 0.15) is 5.75 Å². The van der Waals surface area contributed by atoms with E-state index in [0.29, 0.717) is 28.3 Å². The van der Waals surface area contributed by atoms with Gasteiger partial charge in [-0.3, -0.25) is 4.79 Å². The average Bonchev–Trinajstić information content (AvgIpc) is 3.12. The van der Waals surface area contributed by atoms with Crippen molar-refractivity contribution < 1.29 is 14.3 Å². The van der Waals surface area contributed by atoms with Crippen molar-refractivity contribution >= 4 is 17.4 Å². The van der Waals surface area contributed by atoms with Crippen LogP contribution in [0.2, 0.25) is 0 Å². The number of rotatable bonds is 4. The molecule has 132 valence electrons. The zero-order chi connectivity index (χ0) is 18.8. The summed E-state index contributed by atoms with van der Waals surface area (Å²) in [6.45, 7) is 4.72. The summed E-state index contributed by atoms with van der Waals surface area (Å²) in [6, 6.07) is 13.4. The maximum absolute atomic E-state index is 11.6. The molecule has 2 N–H and O–H groups in total. The molecule has 2 aromatic carbocycles. The number of benzene rings is 2. The Balaban J connectivity index is 2.01. The van der Waals surface area contributed by atoms with E-state index in [1.54, 1.807) is 18.5 Å². The third-order valence-corrected chi connectivity index (χ3v) is 4.12.